The lowest BCUT2D eigenvalue weighted by Gasteiger charge is -2.35. The molecule has 3 N–H and O–H groups in total. The van der Waals surface area contributed by atoms with Gasteiger partial charge in [0.2, 0.25) is 5.95 Å². The van der Waals surface area contributed by atoms with Gasteiger partial charge in [0.05, 0.1) is 11.3 Å². The van der Waals surface area contributed by atoms with Crippen LogP contribution in [-0.2, 0) is 4.74 Å². The van der Waals surface area contributed by atoms with Crippen molar-refractivity contribution in [2.75, 3.05) is 41.7 Å². The first kappa shape index (κ1) is 25.1. The van der Waals surface area contributed by atoms with Crippen molar-refractivity contribution in [1.82, 2.24) is 29.7 Å². The van der Waals surface area contributed by atoms with Crippen molar-refractivity contribution in [3.8, 4) is 0 Å². The van der Waals surface area contributed by atoms with Gasteiger partial charge in [0.1, 0.15) is 11.1 Å². The number of carbonyl (C=O) groups excluding carboxylic acids is 2. The average molecular weight is 518 g/mol. The number of H-pyrrole nitrogens is 1. The molecule has 1 aliphatic heterocycles. The monoisotopic (exact) mass is 517 g/mol. The van der Waals surface area contributed by atoms with E-state index in [1.165, 1.54) is 0 Å². The quantitative estimate of drug-likeness (QED) is 0.364. The number of aromatic nitrogens is 5. The fourth-order valence-corrected chi connectivity index (χ4v) is 4.22. The summed E-state index contributed by atoms with van der Waals surface area (Å²) >= 11 is 0. The fraction of sp³-hybridized carbons (Fsp3) is 0.346. The van der Waals surface area contributed by atoms with E-state index in [0.717, 1.165) is 11.2 Å². The normalized spacial score (nSPS) is 14.0. The molecule has 1 aliphatic rings. The van der Waals surface area contributed by atoms with Gasteiger partial charge in [-0.25, -0.2) is 9.31 Å². The van der Waals surface area contributed by atoms with Gasteiger partial charge in [0.15, 0.2) is 11.6 Å². The number of benzene rings is 1. The van der Waals surface area contributed by atoms with Crippen molar-refractivity contribution in [1.29, 1.82) is 0 Å². The Morgan fingerprint density at radius 3 is 2.53 bits per heavy atom. The first-order valence-corrected chi connectivity index (χ1v) is 12.4. The zero-order chi connectivity index (χ0) is 26.9. The number of aryl methyl sites for hydroxylation is 1. The number of hydrogen-bond acceptors (Lipinski definition) is 8. The van der Waals surface area contributed by atoms with Crippen LogP contribution >= 0.6 is 0 Å². The van der Waals surface area contributed by atoms with Crippen molar-refractivity contribution in [3.05, 3.63) is 59.9 Å². The summed E-state index contributed by atoms with van der Waals surface area (Å²) in [6.45, 7) is 9.38. The second-order valence-electron chi connectivity index (χ2n) is 10.1. The van der Waals surface area contributed by atoms with Crippen LogP contribution in [0, 0.1) is 6.92 Å². The van der Waals surface area contributed by atoms with Crippen LogP contribution in [0.1, 0.15) is 36.8 Å². The standard InChI is InChI=1S/C26H31N9O3/c1-17-16-21(31-30-17)28-22-20-10-7-11-35(20)32-24(29-22)34-14-12-33(13-15-34)23(36)18-8-5-6-9-19(18)27-25(37)38-26(2,3)4/h5-11,16H,12-15H2,1-4H3,(H,27,37)(H2,28,29,30,31,32). The Balaban J connectivity index is 1.28. The number of aromatic amines is 1. The molecule has 12 heteroatoms. The lowest BCUT2D eigenvalue weighted by Crippen LogP contribution is -2.49. The number of para-hydroxylation sites is 1. The average Bonchev–Trinajstić information content (AvgIpc) is 3.51. The first-order chi connectivity index (χ1) is 18.2. The van der Waals surface area contributed by atoms with Gasteiger partial charge in [-0.2, -0.15) is 10.1 Å². The van der Waals surface area contributed by atoms with Gasteiger partial charge in [-0.3, -0.25) is 15.2 Å². The van der Waals surface area contributed by atoms with E-state index >= 15 is 0 Å². The van der Waals surface area contributed by atoms with E-state index < -0.39 is 11.7 Å². The molecule has 0 atom stereocenters. The number of amides is 2. The van der Waals surface area contributed by atoms with Crippen molar-refractivity contribution in [2.24, 2.45) is 0 Å². The molecule has 0 bridgehead atoms. The number of fused-ring (bicyclic) bond motifs is 1. The minimum atomic E-state index is -0.641. The van der Waals surface area contributed by atoms with Gasteiger partial charge in [0.25, 0.3) is 5.91 Å². The highest BCUT2D eigenvalue weighted by molar-refractivity contribution is 6.02. The molecule has 5 rings (SSSR count). The third-order valence-corrected chi connectivity index (χ3v) is 5.98. The van der Waals surface area contributed by atoms with E-state index in [-0.39, 0.29) is 5.91 Å². The number of nitrogens with zero attached hydrogens (tertiary/aromatic N) is 6. The summed E-state index contributed by atoms with van der Waals surface area (Å²) in [6.07, 6.45) is 1.27. The molecule has 198 valence electrons. The zero-order valence-electron chi connectivity index (χ0n) is 21.9. The van der Waals surface area contributed by atoms with Crippen molar-refractivity contribution in [2.45, 2.75) is 33.3 Å². The molecule has 0 aliphatic carbocycles. The van der Waals surface area contributed by atoms with E-state index in [9.17, 15) is 9.59 Å². The van der Waals surface area contributed by atoms with Crippen LogP contribution in [0.3, 0.4) is 0 Å². The maximum Gasteiger partial charge on any atom is 0.412 e. The maximum absolute atomic E-state index is 13.4. The molecule has 38 heavy (non-hydrogen) atoms. The summed E-state index contributed by atoms with van der Waals surface area (Å²) in [7, 11) is 0. The molecule has 1 aromatic carbocycles. The molecule has 4 heterocycles. The Morgan fingerprint density at radius 1 is 1.05 bits per heavy atom. The number of ether oxygens (including phenoxy) is 1. The Hall–Kier alpha value is -4.61. The van der Waals surface area contributed by atoms with Gasteiger partial charge < -0.3 is 19.9 Å². The highest BCUT2D eigenvalue weighted by atomic mass is 16.6. The van der Waals surface area contributed by atoms with E-state index in [1.54, 1.807) is 54.5 Å². The molecule has 12 nitrogen and oxygen atoms in total. The molecule has 0 radical (unpaired) electrons. The highest BCUT2D eigenvalue weighted by Gasteiger charge is 2.27. The number of hydrogen-bond donors (Lipinski definition) is 3. The minimum Gasteiger partial charge on any atom is -0.444 e. The molecular weight excluding hydrogens is 486 g/mol. The van der Waals surface area contributed by atoms with Crippen LogP contribution in [0.2, 0.25) is 0 Å². The number of anilines is 4. The molecule has 1 saturated heterocycles. The molecular formula is C26H31N9O3. The van der Waals surface area contributed by atoms with Crippen LogP contribution in [-0.4, -0.2) is 73.5 Å². The molecule has 4 aromatic rings. The van der Waals surface area contributed by atoms with Crippen LogP contribution in [0.5, 0.6) is 0 Å². The van der Waals surface area contributed by atoms with Gasteiger partial charge in [-0.15, -0.1) is 5.10 Å². The van der Waals surface area contributed by atoms with Gasteiger partial charge in [-0.1, -0.05) is 12.1 Å². The summed E-state index contributed by atoms with van der Waals surface area (Å²) in [5.74, 6) is 1.72. The number of nitrogens with one attached hydrogen (secondary N) is 3. The second kappa shape index (κ2) is 10.0. The molecule has 0 saturated carbocycles. The number of rotatable bonds is 5. The Morgan fingerprint density at radius 2 is 1.82 bits per heavy atom. The summed E-state index contributed by atoms with van der Waals surface area (Å²) < 4.78 is 7.13. The second-order valence-corrected chi connectivity index (χ2v) is 10.1. The van der Waals surface area contributed by atoms with Crippen molar-refractivity contribution < 1.29 is 14.3 Å². The lowest BCUT2D eigenvalue weighted by atomic mass is 10.1. The molecule has 0 unspecified atom stereocenters. The molecule has 3 aromatic heterocycles. The third-order valence-electron chi connectivity index (χ3n) is 5.98. The topological polar surface area (TPSA) is 133 Å². The Labute approximate surface area is 220 Å². The van der Waals surface area contributed by atoms with Crippen molar-refractivity contribution >= 4 is 40.8 Å². The number of carbonyl (C=O) groups is 2. The highest BCUT2D eigenvalue weighted by Crippen LogP contribution is 2.24. The summed E-state index contributed by atoms with van der Waals surface area (Å²) in [5, 5.41) is 17.8. The largest absolute Gasteiger partial charge is 0.444 e. The first-order valence-electron chi connectivity index (χ1n) is 12.4. The van der Waals surface area contributed by atoms with E-state index in [4.69, 9.17) is 9.72 Å². The predicted octanol–water partition coefficient (Wildman–Crippen LogP) is 3.81. The van der Waals surface area contributed by atoms with E-state index in [0.29, 0.717) is 55.0 Å². The molecule has 0 spiro atoms. The SMILES string of the molecule is Cc1cc(Nc2nc(N3CCN(C(=O)c4ccccc4NC(=O)OC(C)(C)C)CC3)nn3cccc23)n[nH]1. The van der Waals surface area contributed by atoms with Crippen LogP contribution < -0.4 is 15.5 Å². The minimum absolute atomic E-state index is 0.158. The van der Waals surface area contributed by atoms with E-state index in [2.05, 4.69) is 30.8 Å². The van der Waals surface area contributed by atoms with Gasteiger partial charge >= 0.3 is 6.09 Å². The zero-order valence-corrected chi connectivity index (χ0v) is 21.9. The maximum atomic E-state index is 13.4. The lowest BCUT2D eigenvalue weighted by molar-refractivity contribution is 0.0636. The summed E-state index contributed by atoms with van der Waals surface area (Å²) in [6, 6.07) is 12.7. The Bertz CT molecular complexity index is 1460. The molecule has 1 fully saturated rings. The molecule has 2 amide bonds. The Kier molecular flexibility index (Phi) is 6.62. The summed E-state index contributed by atoms with van der Waals surface area (Å²) in [5.41, 5.74) is 1.96. The van der Waals surface area contributed by atoms with Crippen molar-refractivity contribution in [3.63, 3.8) is 0 Å². The van der Waals surface area contributed by atoms with Gasteiger partial charge in [0, 0.05) is 44.1 Å². The summed E-state index contributed by atoms with van der Waals surface area (Å²) in [4.78, 5) is 34.3. The van der Waals surface area contributed by atoms with Crippen LogP contribution in [0.25, 0.3) is 5.52 Å². The smallest absolute Gasteiger partial charge is 0.412 e. The van der Waals surface area contributed by atoms with Crippen LogP contribution in [0.15, 0.2) is 48.7 Å². The van der Waals surface area contributed by atoms with Crippen LogP contribution in [0.4, 0.5) is 28.1 Å². The van der Waals surface area contributed by atoms with Gasteiger partial charge in [-0.05, 0) is 52.0 Å². The third kappa shape index (κ3) is 5.53. The fourth-order valence-electron chi connectivity index (χ4n) is 4.22. The number of piperazine rings is 1. The van der Waals surface area contributed by atoms with E-state index in [1.807, 2.05) is 31.3 Å². The predicted molar refractivity (Wildman–Crippen MR) is 144 cm³/mol.